The Morgan fingerprint density at radius 2 is 2.32 bits per heavy atom. The van der Waals surface area contributed by atoms with Crippen molar-refractivity contribution < 1.29 is 9.18 Å². The minimum Gasteiger partial charge on any atom is -0.309 e. The third-order valence-corrected chi connectivity index (χ3v) is 3.31. The van der Waals surface area contributed by atoms with E-state index in [1.807, 2.05) is 0 Å². The Labute approximate surface area is 117 Å². The maximum atomic E-state index is 13.4. The molecule has 1 aliphatic rings. The fourth-order valence-electron chi connectivity index (χ4n) is 1.91. The number of nitrogens with zero attached hydrogens (tertiary/aromatic N) is 5. The number of carbonyl (C=O) groups is 1. The van der Waals surface area contributed by atoms with E-state index in [0.29, 0.717) is 6.54 Å². The molecule has 1 aromatic heterocycles. The van der Waals surface area contributed by atoms with Gasteiger partial charge in [0.05, 0.1) is 5.69 Å². The maximum Gasteiger partial charge on any atom is 0.227 e. The Kier molecular flexibility index (Phi) is 4.09. The SMILES string of the molecule is [N-]=[N+]=NCC1CC(=O)N(c2cc(F)c(Cl)nc2Cl)C1. The van der Waals surface area contributed by atoms with Gasteiger partial charge >= 0.3 is 0 Å². The number of hydrogen-bond acceptors (Lipinski definition) is 3. The summed E-state index contributed by atoms with van der Waals surface area (Å²) in [6.07, 6.45) is 0.222. The molecule has 1 fully saturated rings. The van der Waals surface area contributed by atoms with E-state index in [0.717, 1.165) is 6.07 Å². The third-order valence-electron chi connectivity index (χ3n) is 2.77. The number of carbonyl (C=O) groups excluding carboxylic acids is 1. The van der Waals surface area contributed by atoms with E-state index in [1.54, 1.807) is 0 Å². The van der Waals surface area contributed by atoms with Crippen LogP contribution < -0.4 is 4.90 Å². The monoisotopic (exact) mass is 303 g/mol. The van der Waals surface area contributed by atoms with Crippen molar-refractivity contribution in [3.05, 3.63) is 32.6 Å². The first-order chi connectivity index (χ1) is 9.02. The Balaban J connectivity index is 2.25. The quantitative estimate of drug-likeness (QED) is 0.372. The van der Waals surface area contributed by atoms with Gasteiger partial charge in [0.1, 0.15) is 0 Å². The number of anilines is 1. The van der Waals surface area contributed by atoms with Crippen molar-refractivity contribution in [3.8, 4) is 0 Å². The van der Waals surface area contributed by atoms with Gasteiger partial charge in [-0.1, -0.05) is 28.3 Å². The molecule has 1 saturated heterocycles. The second kappa shape index (κ2) is 5.61. The minimum atomic E-state index is -0.743. The number of amides is 1. The minimum absolute atomic E-state index is 0.0378. The van der Waals surface area contributed by atoms with Gasteiger partial charge in [0, 0.05) is 30.5 Å². The Morgan fingerprint density at radius 1 is 1.58 bits per heavy atom. The van der Waals surface area contributed by atoms with Crippen molar-refractivity contribution in [1.29, 1.82) is 0 Å². The largest absolute Gasteiger partial charge is 0.309 e. The van der Waals surface area contributed by atoms with E-state index in [1.165, 1.54) is 4.90 Å². The molecule has 1 amide bonds. The molecule has 0 radical (unpaired) electrons. The number of pyridine rings is 1. The van der Waals surface area contributed by atoms with Crippen molar-refractivity contribution in [2.24, 2.45) is 11.0 Å². The lowest BCUT2D eigenvalue weighted by molar-refractivity contribution is -0.117. The highest BCUT2D eigenvalue weighted by Gasteiger charge is 2.32. The average molecular weight is 304 g/mol. The molecule has 19 heavy (non-hydrogen) atoms. The Morgan fingerprint density at radius 3 is 3.00 bits per heavy atom. The van der Waals surface area contributed by atoms with Crippen molar-refractivity contribution in [2.45, 2.75) is 6.42 Å². The summed E-state index contributed by atoms with van der Waals surface area (Å²) in [6, 6.07) is 1.07. The highest BCUT2D eigenvalue weighted by atomic mass is 35.5. The molecule has 1 unspecified atom stereocenters. The smallest absolute Gasteiger partial charge is 0.227 e. The summed E-state index contributed by atoms with van der Waals surface area (Å²) >= 11 is 11.4. The molecule has 1 atom stereocenters. The van der Waals surface area contributed by atoms with Crippen molar-refractivity contribution in [1.82, 2.24) is 4.98 Å². The topological polar surface area (TPSA) is 82.0 Å². The predicted octanol–water partition coefficient (Wildman–Crippen LogP) is 3.19. The first-order valence-electron chi connectivity index (χ1n) is 5.35. The van der Waals surface area contributed by atoms with Gasteiger partial charge < -0.3 is 4.90 Å². The molecule has 0 saturated carbocycles. The lowest BCUT2D eigenvalue weighted by atomic mass is 10.1. The molecule has 0 aliphatic carbocycles. The van der Waals surface area contributed by atoms with Gasteiger partial charge in [0.15, 0.2) is 16.1 Å². The summed E-state index contributed by atoms with van der Waals surface area (Å²) in [4.78, 5) is 19.4. The van der Waals surface area contributed by atoms with Crippen molar-refractivity contribution in [3.63, 3.8) is 0 Å². The van der Waals surface area contributed by atoms with Crippen LogP contribution in [0, 0.1) is 11.7 Å². The van der Waals surface area contributed by atoms with Gasteiger partial charge in [0.2, 0.25) is 5.91 Å². The second-order valence-electron chi connectivity index (χ2n) is 4.06. The number of halogens is 3. The number of aromatic nitrogens is 1. The first kappa shape index (κ1) is 13.9. The van der Waals surface area contributed by atoms with Crippen LogP contribution in [0.3, 0.4) is 0 Å². The number of hydrogen-bond donors (Lipinski definition) is 0. The molecule has 1 aliphatic heterocycles. The number of rotatable bonds is 3. The molecule has 2 heterocycles. The predicted molar refractivity (Wildman–Crippen MR) is 68.7 cm³/mol. The van der Waals surface area contributed by atoms with E-state index in [2.05, 4.69) is 15.0 Å². The van der Waals surface area contributed by atoms with Gasteiger partial charge in [-0.25, -0.2) is 9.37 Å². The summed E-state index contributed by atoms with van der Waals surface area (Å²) < 4.78 is 13.4. The normalized spacial score (nSPS) is 18.6. The Hall–Kier alpha value is -1.56. The fraction of sp³-hybridized carbons (Fsp3) is 0.400. The molecule has 0 spiro atoms. The zero-order valence-corrected chi connectivity index (χ0v) is 11.1. The summed E-state index contributed by atoms with van der Waals surface area (Å²) in [5.41, 5.74) is 8.43. The zero-order valence-electron chi connectivity index (χ0n) is 9.55. The molecule has 2 rings (SSSR count). The molecule has 0 N–H and O–H groups in total. The van der Waals surface area contributed by atoms with Crippen LogP contribution in [0.25, 0.3) is 10.4 Å². The highest BCUT2D eigenvalue weighted by molar-refractivity contribution is 6.34. The molecule has 0 bridgehead atoms. The second-order valence-corrected chi connectivity index (χ2v) is 4.77. The maximum absolute atomic E-state index is 13.4. The molecule has 100 valence electrons. The molecule has 1 aromatic rings. The van der Waals surface area contributed by atoms with Crippen LogP contribution >= 0.6 is 23.2 Å². The van der Waals surface area contributed by atoms with Gasteiger partial charge in [-0.05, 0) is 11.4 Å². The van der Waals surface area contributed by atoms with E-state index in [4.69, 9.17) is 28.7 Å². The van der Waals surface area contributed by atoms with Crippen LogP contribution in [0.5, 0.6) is 0 Å². The molecule has 9 heteroatoms. The summed E-state index contributed by atoms with van der Waals surface area (Å²) in [6.45, 7) is 0.514. The van der Waals surface area contributed by atoms with Gasteiger partial charge in [-0.3, -0.25) is 4.79 Å². The average Bonchev–Trinajstić information content (AvgIpc) is 2.72. The van der Waals surface area contributed by atoms with Crippen LogP contribution in [0.4, 0.5) is 10.1 Å². The van der Waals surface area contributed by atoms with Crippen molar-refractivity contribution in [2.75, 3.05) is 18.0 Å². The van der Waals surface area contributed by atoms with E-state index >= 15 is 0 Å². The van der Waals surface area contributed by atoms with E-state index in [-0.39, 0.29) is 40.8 Å². The highest BCUT2D eigenvalue weighted by Crippen LogP contribution is 2.32. The van der Waals surface area contributed by atoms with Gasteiger partial charge in [0.25, 0.3) is 0 Å². The van der Waals surface area contributed by atoms with Crippen LogP contribution in [0.1, 0.15) is 6.42 Å². The summed E-state index contributed by atoms with van der Waals surface area (Å²) in [5, 5.41) is 3.05. The van der Waals surface area contributed by atoms with Crippen LogP contribution in [0.15, 0.2) is 11.2 Å². The van der Waals surface area contributed by atoms with Gasteiger partial charge in [-0.2, -0.15) is 0 Å². The van der Waals surface area contributed by atoms with Crippen molar-refractivity contribution >= 4 is 34.8 Å². The lowest BCUT2D eigenvalue weighted by Crippen LogP contribution is -2.25. The molecular formula is C10H8Cl2FN5O. The van der Waals surface area contributed by atoms with E-state index in [9.17, 15) is 9.18 Å². The van der Waals surface area contributed by atoms with Crippen LogP contribution in [0.2, 0.25) is 10.3 Å². The van der Waals surface area contributed by atoms with E-state index < -0.39 is 5.82 Å². The van der Waals surface area contributed by atoms with Crippen LogP contribution in [-0.4, -0.2) is 24.0 Å². The zero-order chi connectivity index (χ0) is 14.0. The number of azide groups is 1. The first-order valence-corrected chi connectivity index (χ1v) is 6.11. The third kappa shape index (κ3) is 2.89. The summed E-state index contributed by atoms with van der Waals surface area (Å²) in [7, 11) is 0. The van der Waals surface area contributed by atoms with Crippen LogP contribution in [-0.2, 0) is 4.79 Å². The summed E-state index contributed by atoms with van der Waals surface area (Å²) in [5.74, 6) is -1.07. The fourth-order valence-corrected chi connectivity index (χ4v) is 2.34. The molecular weight excluding hydrogens is 296 g/mol. The van der Waals surface area contributed by atoms with Gasteiger partial charge in [-0.15, -0.1) is 0 Å². The molecule has 6 nitrogen and oxygen atoms in total. The molecule has 0 aromatic carbocycles. The standard InChI is InChI=1S/C10H8Cl2FN5O/c11-9-6(13)2-7(10(12)16-9)18-4-5(1-8(18)19)3-15-17-14/h2,5H,1,3-4H2. The lowest BCUT2D eigenvalue weighted by Gasteiger charge is -2.17. The Bertz CT molecular complexity index is 575.